The van der Waals surface area contributed by atoms with Crippen molar-refractivity contribution in [2.24, 2.45) is 11.0 Å². The zero-order valence-corrected chi connectivity index (χ0v) is 16.8. The fourth-order valence-electron chi connectivity index (χ4n) is 4.29. The van der Waals surface area contributed by atoms with Gasteiger partial charge in [-0.05, 0) is 66.3 Å². The average Bonchev–Trinajstić information content (AvgIpc) is 3.15. The molecule has 1 amide bonds. The predicted molar refractivity (Wildman–Crippen MR) is 112 cm³/mol. The van der Waals surface area contributed by atoms with Crippen LogP contribution in [0.15, 0.2) is 59.2 Å². The number of allylic oxidation sites excluding steroid dienone is 1. The fourth-order valence-corrected chi connectivity index (χ4v) is 4.29. The van der Waals surface area contributed by atoms with Gasteiger partial charge in [-0.3, -0.25) is 9.59 Å². The van der Waals surface area contributed by atoms with E-state index < -0.39 is 12.0 Å². The summed E-state index contributed by atoms with van der Waals surface area (Å²) < 4.78 is 26.8. The lowest BCUT2D eigenvalue weighted by Gasteiger charge is -2.29. The minimum absolute atomic E-state index is 0.0697. The molecular formula is C24H22F2N2O3. The number of amides is 1. The summed E-state index contributed by atoms with van der Waals surface area (Å²) >= 11 is 0. The van der Waals surface area contributed by atoms with E-state index in [9.17, 15) is 18.4 Å². The van der Waals surface area contributed by atoms with Gasteiger partial charge in [0.05, 0.1) is 18.2 Å². The number of nitrogens with zero attached hydrogens (tertiary/aromatic N) is 2. The van der Waals surface area contributed by atoms with Crippen LogP contribution in [-0.4, -0.2) is 27.7 Å². The molecule has 0 aromatic heterocycles. The average molecular weight is 424 g/mol. The third kappa shape index (κ3) is 4.55. The van der Waals surface area contributed by atoms with Crippen molar-refractivity contribution in [3.63, 3.8) is 0 Å². The van der Waals surface area contributed by atoms with Crippen LogP contribution in [0.1, 0.15) is 49.3 Å². The standard InChI is InChI=1S/C24H22F2N2O3/c25-18-8-4-15(5-9-18)14-17-2-1-3-20-23(17)27-28(21(29)12-13-22(30)31)24(20)16-6-10-19(26)11-7-16/h4-11,14,20,24H,1-3,12-13H2,(H,30,31)/b17-14+/t20-,24-/m0/s1. The summed E-state index contributed by atoms with van der Waals surface area (Å²) in [4.78, 5) is 23.8. The van der Waals surface area contributed by atoms with Gasteiger partial charge >= 0.3 is 5.97 Å². The summed E-state index contributed by atoms with van der Waals surface area (Å²) in [6, 6.07) is 11.8. The van der Waals surface area contributed by atoms with Crippen LogP contribution in [-0.2, 0) is 9.59 Å². The second kappa shape index (κ2) is 8.79. The Morgan fingerprint density at radius 2 is 1.68 bits per heavy atom. The number of benzene rings is 2. The third-order valence-electron chi connectivity index (χ3n) is 5.73. The number of carbonyl (C=O) groups is 2. The van der Waals surface area contributed by atoms with Gasteiger partial charge in [-0.1, -0.05) is 24.3 Å². The maximum Gasteiger partial charge on any atom is 0.303 e. The van der Waals surface area contributed by atoms with Gasteiger partial charge in [0, 0.05) is 12.3 Å². The first kappa shape index (κ1) is 20.9. The summed E-state index contributed by atoms with van der Waals surface area (Å²) in [6.07, 6.45) is 4.00. The van der Waals surface area contributed by atoms with Crippen LogP contribution in [0.4, 0.5) is 8.78 Å². The van der Waals surface area contributed by atoms with E-state index in [1.165, 1.54) is 29.3 Å². The molecule has 0 radical (unpaired) electrons. The van der Waals surface area contributed by atoms with Crippen LogP contribution < -0.4 is 0 Å². The molecule has 160 valence electrons. The number of carboxylic acids is 1. The Bertz CT molecular complexity index is 1050. The van der Waals surface area contributed by atoms with Gasteiger partial charge in [0.1, 0.15) is 11.6 Å². The van der Waals surface area contributed by atoms with Crippen molar-refractivity contribution < 1.29 is 23.5 Å². The van der Waals surface area contributed by atoms with E-state index >= 15 is 0 Å². The molecule has 7 heteroatoms. The first-order chi connectivity index (χ1) is 14.9. The van der Waals surface area contributed by atoms with Crippen LogP contribution in [0, 0.1) is 17.6 Å². The van der Waals surface area contributed by atoms with Crippen molar-refractivity contribution in [1.29, 1.82) is 0 Å². The van der Waals surface area contributed by atoms with Crippen molar-refractivity contribution >= 4 is 23.7 Å². The Labute approximate surface area is 178 Å². The highest BCUT2D eigenvalue weighted by atomic mass is 19.1. The van der Waals surface area contributed by atoms with E-state index in [0.717, 1.165) is 41.7 Å². The second-order valence-electron chi connectivity index (χ2n) is 7.83. The topological polar surface area (TPSA) is 70.0 Å². The summed E-state index contributed by atoms with van der Waals surface area (Å²) in [6.45, 7) is 0. The van der Waals surface area contributed by atoms with Gasteiger partial charge in [-0.25, -0.2) is 13.8 Å². The summed E-state index contributed by atoms with van der Waals surface area (Å²) in [7, 11) is 0. The van der Waals surface area contributed by atoms with Gasteiger partial charge < -0.3 is 5.11 Å². The maximum atomic E-state index is 13.5. The molecule has 2 aromatic carbocycles. The van der Waals surface area contributed by atoms with Crippen molar-refractivity contribution in [1.82, 2.24) is 5.01 Å². The zero-order valence-electron chi connectivity index (χ0n) is 16.8. The quantitative estimate of drug-likeness (QED) is 0.738. The third-order valence-corrected chi connectivity index (χ3v) is 5.73. The van der Waals surface area contributed by atoms with Crippen molar-refractivity contribution in [2.45, 2.75) is 38.1 Å². The number of hydrogen-bond donors (Lipinski definition) is 1. The van der Waals surface area contributed by atoms with E-state index in [1.807, 2.05) is 6.08 Å². The van der Waals surface area contributed by atoms with E-state index in [2.05, 4.69) is 5.10 Å². The van der Waals surface area contributed by atoms with Gasteiger partial charge in [-0.15, -0.1) is 0 Å². The molecule has 2 atom stereocenters. The highest BCUT2D eigenvalue weighted by Crippen LogP contribution is 2.44. The number of carbonyl (C=O) groups excluding carboxylic acids is 1. The molecule has 0 unspecified atom stereocenters. The summed E-state index contributed by atoms with van der Waals surface area (Å²) in [5.41, 5.74) is 3.36. The Kier molecular flexibility index (Phi) is 5.93. The van der Waals surface area contributed by atoms with E-state index in [1.54, 1.807) is 24.3 Å². The number of rotatable bonds is 5. The molecule has 31 heavy (non-hydrogen) atoms. The molecule has 1 N–H and O–H groups in total. The molecular weight excluding hydrogens is 402 g/mol. The fraction of sp³-hybridized carbons (Fsp3) is 0.292. The van der Waals surface area contributed by atoms with E-state index in [-0.39, 0.29) is 36.3 Å². The van der Waals surface area contributed by atoms with Gasteiger partial charge in [-0.2, -0.15) is 5.10 Å². The number of hydrazone groups is 1. The monoisotopic (exact) mass is 424 g/mol. The first-order valence-corrected chi connectivity index (χ1v) is 10.3. The molecule has 5 nitrogen and oxygen atoms in total. The van der Waals surface area contributed by atoms with Crippen LogP contribution in [0.2, 0.25) is 0 Å². The number of aliphatic carboxylic acids is 1. The van der Waals surface area contributed by atoms with Crippen LogP contribution in [0.25, 0.3) is 6.08 Å². The van der Waals surface area contributed by atoms with Crippen molar-refractivity contribution in [3.8, 4) is 0 Å². The molecule has 0 saturated heterocycles. The molecule has 1 aliphatic carbocycles. The van der Waals surface area contributed by atoms with Crippen LogP contribution in [0.3, 0.4) is 0 Å². The molecule has 2 aromatic rings. The molecule has 0 bridgehead atoms. The van der Waals surface area contributed by atoms with Crippen LogP contribution >= 0.6 is 0 Å². The largest absolute Gasteiger partial charge is 0.481 e. The summed E-state index contributed by atoms with van der Waals surface area (Å²) in [5.74, 6) is -2.17. The minimum Gasteiger partial charge on any atom is -0.481 e. The summed E-state index contributed by atoms with van der Waals surface area (Å²) in [5, 5.41) is 15.0. The molecule has 2 aliphatic rings. The molecule has 1 saturated carbocycles. The zero-order chi connectivity index (χ0) is 22.0. The lowest BCUT2D eigenvalue weighted by Crippen LogP contribution is -2.32. The lowest BCUT2D eigenvalue weighted by molar-refractivity contribution is -0.141. The van der Waals surface area contributed by atoms with Crippen molar-refractivity contribution in [3.05, 3.63) is 76.9 Å². The number of fused-ring (bicyclic) bond motifs is 1. The van der Waals surface area contributed by atoms with E-state index in [0.29, 0.717) is 0 Å². The predicted octanol–water partition coefficient (Wildman–Crippen LogP) is 4.95. The smallest absolute Gasteiger partial charge is 0.303 e. The minimum atomic E-state index is -1.05. The SMILES string of the molecule is O=C(O)CCC(=O)N1N=C2/C(=C/c3ccc(F)cc3)CCC[C@@H]2[C@@H]1c1ccc(F)cc1. The molecule has 1 aliphatic heterocycles. The van der Waals surface area contributed by atoms with Crippen LogP contribution in [0.5, 0.6) is 0 Å². The molecule has 4 rings (SSSR count). The first-order valence-electron chi connectivity index (χ1n) is 10.3. The number of halogens is 2. The normalized spacial score (nSPS) is 21.7. The number of carboxylic acid groups (broad SMARTS) is 1. The highest BCUT2D eigenvalue weighted by molar-refractivity contribution is 6.08. The van der Waals surface area contributed by atoms with Gasteiger partial charge in [0.15, 0.2) is 0 Å². The Hall–Kier alpha value is -3.35. The maximum absolute atomic E-state index is 13.5. The Morgan fingerprint density at radius 1 is 1.03 bits per heavy atom. The van der Waals surface area contributed by atoms with Gasteiger partial charge in [0.2, 0.25) is 5.91 Å². The van der Waals surface area contributed by atoms with Crippen molar-refractivity contribution in [2.75, 3.05) is 0 Å². The van der Waals surface area contributed by atoms with E-state index in [4.69, 9.17) is 5.11 Å². The number of hydrogen-bond acceptors (Lipinski definition) is 3. The van der Waals surface area contributed by atoms with Gasteiger partial charge in [0.25, 0.3) is 0 Å². The Balaban J connectivity index is 1.70. The second-order valence-corrected chi connectivity index (χ2v) is 7.83. The molecule has 1 fully saturated rings. The highest BCUT2D eigenvalue weighted by Gasteiger charge is 2.43. The molecule has 1 heterocycles. The molecule has 0 spiro atoms. The lowest BCUT2D eigenvalue weighted by atomic mass is 9.77. The Morgan fingerprint density at radius 3 is 2.32 bits per heavy atom.